The molecule has 0 aliphatic carbocycles. The molecule has 0 radical (unpaired) electrons. The number of hydrogen-bond acceptors (Lipinski definition) is 5. The van der Waals surface area contributed by atoms with Gasteiger partial charge in [-0.15, -0.1) is 0 Å². The van der Waals surface area contributed by atoms with Gasteiger partial charge in [0.15, 0.2) is 0 Å². The molecule has 0 fully saturated rings. The van der Waals surface area contributed by atoms with Gasteiger partial charge in [0.1, 0.15) is 6.10 Å². The Hall–Kier alpha value is -1.92. The molecule has 0 heterocycles. The lowest BCUT2D eigenvalue weighted by Gasteiger charge is -2.24. The summed E-state index contributed by atoms with van der Waals surface area (Å²) >= 11 is 0. The first-order valence-corrected chi connectivity index (χ1v) is 26.2. The smallest absolute Gasteiger partial charge is 0.306 e. The number of amides is 1. The Bertz CT molecular complexity index is 993. The molecule has 60 heavy (non-hydrogen) atoms. The molecule has 0 saturated carbocycles. The molecule has 0 spiro atoms. The van der Waals surface area contributed by atoms with E-state index in [1.54, 1.807) is 0 Å². The monoisotopic (exact) mass is 844 g/mol. The van der Waals surface area contributed by atoms with Crippen molar-refractivity contribution in [2.45, 2.75) is 289 Å². The number of esters is 1. The first-order valence-electron chi connectivity index (χ1n) is 26.2. The molecule has 352 valence electrons. The minimum absolute atomic E-state index is 0.0716. The standard InChI is InChI=1S/C54H101NO5/c1-4-7-10-13-16-19-21-23-25-26-28-30-32-35-38-41-44-47-54(59)60-50(45-42-39-36-33-18-15-12-9-6-3)48-53(58)55-51(49-56)52(57)46-43-40-37-34-31-29-27-24-22-20-17-14-11-8-5-2/h16,19,23,25,28,30,50-52,56-57H,4-15,17-18,20-22,24,26-27,29,31-49H2,1-3H3,(H,55,58)/b19-16-,25-23-,30-28-. The van der Waals surface area contributed by atoms with Gasteiger partial charge in [0.05, 0.1) is 25.2 Å². The van der Waals surface area contributed by atoms with Crippen molar-refractivity contribution in [3.63, 3.8) is 0 Å². The van der Waals surface area contributed by atoms with E-state index in [2.05, 4.69) is 62.5 Å². The van der Waals surface area contributed by atoms with Crippen LogP contribution in [0, 0.1) is 0 Å². The number of carbonyl (C=O) groups excluding carboxylic acids is 2. The molecule has 0 bridgehead atoms. The predicted octanol–water partition coefficient (Wildman–Crippen LogP) is 15.7. The summed E-state index contributed by atoms with van der Waals surface area (Å²) in [6, 6.07) is -0.702. The van der Waals surface area contributed by atoms with Crippen LogP contribution < -0.4 is 5.32 Å². The van der Waals surface area contributed by atoms with Crippen LogP contribution in [0.25, 0.3) is 0 Å². The van der Waals surface area contributed by atoms with Gasteiger partial charge in [-0.2, -0.15) is 0 Å². The van der Waals surface area contributed by atoms with E-state index in [4.69, 9.17) is 4.74 Å². The summed E-state index contributed by atoms with van der Waals surface area (Å²) in [6.45, 7) is 6.45. The Morgan fingerprint density at radius 1 is 0.483 bits per heavy atom. The molecule has 0 rings (SSSR count). The highest BCUT2D eigenvalue weighted by Crippen LogP contribution is 2.18. The predicted molar refractivity (Wildman–Crippen MR) is 259 cm³/mol. The Balaban J connectivity index is 4.47. The van der Waals surface area contributed by atoms with Crippen LogP contribution in [0.4, 0.5) is 0 Å². The van der Waals surface area contributed by atoms with Crippen LogP contribution in [0.15, 0.2) is 36.5 Å². The maximum atomic E-state index is 13.2. The van der Waals surface area contributed by atoms with Gasteiger partial charge in [-0.25, -0.2) is 0 Å². The number of unbranched alkanes of at least 4 members (excludes halogenated alkanes) is 29. The van der Waals surface area contributed by atoms with Gasteiger partial charge in [0, 0.05) is 6.42 Å². The van der Waals surface area contributed by atoms with E-state index >= 15 is 0 Å². The fraction of sp³-hybridized carbons (Fsp3) is 0.852. The Morgan fingerprint density at radius 3 is 1.32 bits per heavy atom. The van der Waals surface area contributed by atoms with Crippen molar-refractivity contribution in [1.29, 1.82) is 0 Å². The van der Waals surface area contributed by atoms with Crippen molar-refractivity contribution in [2.75, 3.05) is 6.61 Å². The number of allylic oxidation sites excluding steroid dienone is 6. The van der Waals surface area contributed by atoms with E-state index in [-0.39, 0.29) is 24.9 Å². The molecular weight excluding hydrogens is 743 g/mol. The summed E-state index contributed by atoms with van der Waals surface area (Å²) in [6.07, 6.45) is 56.3. The molecule has 0 aliphatic rings. The third kappa shape index (κ3) is 42.8. The lowest BCUT2D eigenvalue weighted by atomic mass is 10.0. The highest BCUT2D eigenvalue weighted by atomic mass is 16.5. The lowest BCUT2D eigenvalue weighted by Crippen LogP contribution is -2.46. The molecule has 6 nitrogen and oxygen atoms in total. The van der Waals surface area contributed by atoms with Gasteiger partial charge in [-0.05, 0) is 64.2 Å². The fourth-order valence-corrected chi connectivity index (χ4v) is 7.97. The minimum Gasteiger partial charge on any atom is -0.462 e. The van der Waals surface area contributed by atoms with Gasteiger partial charge in [0.2, 0.25) is 5.91 Å². The SMILES string of the molecule is CCCCC/C=C\C/C=C\C/C=C\CCCCCCC(=O)OC(CCCCCCCCCCC)CC(=O)NC(CO)C(O)CCCCCCCCCCCCCCCCC. The number of carbonyl (C=O) groups is 2. The summed E-state index contributed by atoms with van der Waals surface area (Å²) < 4.78 is 5.91. The second-order valence-corrected chi connectivity index (χ2v) is 17.9. The molecule has 0 aromatic heterocycles. The molecule has 6 heteroatoms. The van der Waals surface area contributed by atoms with Crippen molar-refractivity contribution in [3.8, 4) is 0 Å². The number of rotatable bonds is 47. The van der Waals surface area contributed by atoms with Crippen molar-refractivity contribution >= 4 is 11.9 Å². The third-order valence-electron chi connectivity index (χ3n) is 12.0. The van der Waals surface area contributed by atoms with Crippen LogP contribution in [-0.4, -0.2) is 46.9 Å². The number of hydrogen-bond donors (Lipinski definition) is 3. The second kappa shape index (κ2) is 48.1. The van der Waals surface area contributed by atoms with Crippen LogP contribution in [0.5, 0.6) is 0 Å². The normalized spacial score (nSPS) is 13.5. The van der Waals surface area contributed by atoms with Crippen molar-refractivity contribution in [1.82, 2.24) is 5.32 Å². The zero-order chi connectivity index (χ0) is 43.8. The number of ether oxygens (including phenoxy) is 1. The Morgan fingerprint density at radius 2 is 0.850 bits per heavy atom. The van der Waals surface area contributed by atoms with E-state index < -0.39 is 18.2 Å². The molecule has 3 N–H and O–H groups in total. The van der Waals surface area contributed by atoms with Crippen LogP contribution in [0.1, 0.15) is 271 Å². The Kier molecular flexibility index (Phi) is 46.6. The first kappa shape index (κ1) is 58.1. The summed E-state index contributed by atoms with van der Waals surface area (Å²) in [5.41, 5.74) is 0. The maximum Gasteiger partial charge on any atom is 0.306 e. The van der Waals surface area contributed by atoms with Crippen molar-refractivity contribution < 1.29 is 24.5 Å². The molecule has 1 amide bonds. The molecule has 3 atom stereocenters. The third-order valence-corrected chi connectivity index (χ3v) is 12.0. The topological polar surface area (TPSA) is 95.9 Å². The quantitative estimate of drug-likeness (QED) is 0.0322. The minimum atomic E-state index is -0.788. The van der Waals surface area contributed by atoms with Gasteiger partial charge in [-0.3, -0.25) is 9.59 Å². The van der Waals surface area contributed by atoms with E-state index in [0.29, 0.717) is 19.3 Å². The van der Waals surface area contributed by atoms with Crippen LogP contribution >= 0.6 is 0 Å². The summed E-state index contributed by atoms with van der Waals surface area (Å²) in [5, 5.41) is 23.8. The summed E-state index contributed by atoms with van der Waals surface area (Å²) in [5.74, 6) is -0.491. The van der Waals surface area contributed by atoms with Crippen LogP contribution in [0.2, 0.25) is 0 Å². The van der Waals surface area contributed by atoms with Gasteiger partial charge in [-0.1, -0.05) is 231 Å². The molecular formula is C54H101NO5. The number of nitrogens with one attached hydrogen (secondary N) is 1. The lowest BCUT2D eigenvalue weighted by molar-refractivity contribution is -0.151. The van der Waals surface area contributed by atoms with Crippen LogP contribution in [0.3, 0.4) is 0 Å². The average Bonchev–Trinajstić information content (AvgIpc) is 3.24. The molecule has 0 aliphatic heterocycles. The molecule has 0 saturated heterocycles. The fourth-order valence-electron chi connectivity index (χ4n) is 7.97. The highest BCUT2D eigenvalue weighted by Gasteiger charge is 2.24. The number of aliphatic hydroxyl groups is 2. The summed E-state index contributed by atoms with van der Waals surface area (Å²) in [4.78, 5) is 26.1. The molecule has 0 aromatic carbocycles. The largest absolute Gasteiger partial charge is 0.462 e. The van der Waals surface area contributed by atoms with E-state index in [9.17, 15) is 19.8 Å². The Labute approximate surface area is 373 Å². The molecule has 3 unspecified atom stereocenters. The second-order valence-electron chi connectivity index (χ2n) is 17.9. The first-order chi connectivity index (χ1) is 29.5. The van der Waals surface area contributed by atoms with Gasteiger partial charge >= 0.3 is 5.97 Å². The van der Waals surface area contributed by atoms with Crippen LogP contribution in [-0.2, 0) is 14.3 Å². The van der Waals surface area contributed by atoms with E-state index in [1.807, 2.05) is 0 Å². The van der Waals surface area contributed by atoms with Gasteiger partial charge < -0.3 is 20.3 Å². The maximum absolute atomic E-state index is 13.2. The average molecular weight is 844 g/mol. The van der Waals surface area contributed by atoms with E-state index in [1.165, 1.54) is 154 Å². The zero-order valence-electron chi connectivity index (χ0n) is 40.1. The van der Waals surface area contributed by atoms with Crippen molar-refractivity contribution in [2.24, 2.45) is 0 Å². The zero-order valence-corrected chi connectivity index (χ0v) is 40.1. The van der Waals surface area contributed by atoms with Gasteiger partial charge in [0.25, 0.3) is 0 Å². The number of aliphatic hydroxyl groups excluding tert-OH is 2. The summed E-state index contributed by atoms with van der Waals surface area (Å²) in [7, 11) is 0. The molecule has 0 aromatic rings. The van der Waals surface area contributed by atoms with Crippen molar-refractivity contribution in [3.05, 3.63) is 36.5 Å². The highest BCUT2D eigenvalue weighted by molar-refractivity contribution is 5.77. The van der Waals surface area contributed by atoms with E-state index in [0.717, 1.165) is 70.6 Å².